The Bertz CT molecular complexity index is 654. The van der Waals surface area contributed by atoms with Crippen molar-refractivity contribution in [3.05, 3.63) is 16.3 Å². The molecule has 0 aromatic carbocycles. The first-order valence-corrected chi connectivity index (χ1v) is 9.65. The van der Waals surface area contributed by atoms with E-state index in [1.165, 1.54) is 16.2 Å². The Morgan fingerprint density at radius 1 is 1.57 bits per heavy atom. The molecule has 1 atom stereocenters. The maximum atomic E-state index is 12.0. The first-order valence-electron chi connectivity index (χ1n) is 6.29. The monoisotopic (exact) mass is 351 g/mol. The zero-order chi connectivity index (χ0) is 15.6. The van der Waals surface area contributed by atoms with E-state index in [2.05, 4.69) is 0 Å². The summed E-state index contributed by atoms with van der Waals surface area (Å²) in [5, 5.41) is 1.69. The number of thiophene rings is 1. The van der Waals surface area contributed by atoms with Crippen molar-refractivity contribution in [1.29, 1.82) is 0 Å². The summed E-state index contributed by atoms with van der Waals surface area (Å²) in [6.07, 6.45) is 0.101. The van der Waals surface area contributed by atoms with Crippen LogP contribution in [-0.2, 0) is 18.6 Å². The smallest absolute Gasteiger partial charge is 0.350 e. The third-order valence-electron chi connectivity index (χ3n) is 3.04. The summed E-state index contributed by atoms with van der Waals surface area (Å²) in [5.74, 6) is -1.32. The number of ether oxygens (including phenoxy) is 1. The molecule has 2 heterocycles. The number of halogens is 1. The van der Waals surface area contributed by atoms with Gasteiger partial charge in [0.1, 0.15) is 4.88 Å². The lowest BCUT2D eigenvalue weighted by Gasteiger charge is -2.16. The molecule has 9 heteroatoms. The van der Waals surface area contributed by atoms with Crippen LogP contribution in [-0.4, -0.2) is 39.2 Å². The molecule has 1 saturated heterocycles. The fraction of sp³-hybridized carbons (Fsp3) is 0.500. The van der Waals surface area contributed by atoms with Gasteiger partial charge >= 0.3 is 5.97 Å². The fourth-order valence-electron chi connectivity index (χ4n) is 2.27. The molecule has 21 heavy (non-hydrogen) atoms. The van der Waals surface area contributed by atoms with E-state index in [9.17, 15) is 18.0 Å². The number of hydrogen-bond donors (Lipinski definition) is 0. The highest BCUT2D eigenvalue weighted by atomic mass is 35.7. The van der Waals surface area contributed by atoms with E-state index in [0.29, 0.717) is 10.6 Å². The van der Waals surface area contributed by atoms with Crippen molar-refractivity contribution in [2.75, 3.05) is 23.8 Å². The average Bonchev–Trinajstić information content (AvgIpc) is 2.93. The second kappa shape index (κ2) is 6.33. The third kappa shape index (κ3) is 3.96. The zero-order valence-electron chi connectivity index (χ0n) is 11.2. The molecule has 1 aliphatic heterocycles. The lowest BCUT2D eigenvalue weighted by Crippen LogP contribution is -2.26. The minimum atomic E-state index is -3.65. The largest absolute Gasteiger partial charge is 0.462 e. The summed E-state index contributed by atoms with van der Waals surface area (Å²) >= 11 is 1.19. The van der Waals surface area contributed by atoms with Crippen LogP contribution < -0.4 is 4.90 Å². The molecule has 2 rings (SSSR count). The van der Waals surface area contributed by atoms with E-state index in [-0.39, 0.29) is 37.2 Å². The summed E-state index contributed by atoms with van der Waals surface area (Å²) in [5.41, 5.74) is 0.470. The molecular weight excluding hydrogens is 338 g/mol. The van der Waals surface area contributed by atoms with E-state index in [1.807, 2.05) is 0 Å². The zero-order valence-corrected chi connectivity index (χ0v) is 13.6. The number of anilines is 1. The van der Waals surface area contributed by atoms with Crippen molar-refractivity contribution < 1.29 is 22.7 Å². The molecular formula is C12H14ClNO5S2. The van der Waals surface area contributed by atoms with Crippen LogP contribution in [0.5, 0.6) is 0 Å². The second-order valence-corrected chi connectivity index (χ2v) is 8.37. The van der Waals surface area contributed by atoms with E-state index in [4.69, 9.17) is 15.4 Å². The van der Waals surface area contributed by atoms with Crippen molar-refractivity contribution in [3.8, 4) is 0 Å². The van der Waals surface area contributed by atoms with E-state index >= 15 is 0 Å². The SMILES string of the molecule is CCOC(=O)c1sccc1N1CC(CS(=O)(=O)Cl)CC1=O. The van der Waals surface area contributed by atoms with Crippen LogP contribution in [0, 0.1) is 5.92 Å². The minimum absolute atomic E-state index is 0.101. The Morgan fingerprint density at radius 3 is 2.90 bits per heavy atom. The molecule has 1 aromatic heterocycles. The highest BCUT2D eigenvalue weighted by Gasteiger charge is 2.35. The lowest BCUT2D eigenvalue weighted by atomic mass is 10.1. The quantitative estimate of drug-likeness (QED) is 0.597. The van der Waals surface area contributed by atoms with Crippen LogP contribution in [0.15, 0.2) is 11.4 Å². The first kappa shape index (κ1) is 16.3. The topological polar surface area (TPSA) is 80.8 Å². The van der Waals surface area contributed by atoms with Crippen LogP contribution in [0.25, 0.3) is 0 Å². The summed E-state index contributed by atoms with van der Waals surface area (Å²) in [6.45, 7) is 2.18. The van der Waals surface area contributed by atoms with Crippen LogP contribution in [0.2, 0.25) is 0 Å². The Balaban J connectivity index is 2.18. The molecule has 1 unspecified atom stereocenters. The molecule has 1 fully saturated rings. The van der Waals surface area contributed by atoms with Crippen molar-refractivity contribution in [3.63, 3.8) is 0 Å². The lowest BCUT2D eigenvalue weighted by molar-refractivity contribution is -0.117. The Hall–Kier alpha value is -1.12. The van der Waals surface area contributed by atoms with Gasteiger partial charge in [-0.25, -0.2) is 13.2 Å². The number of rotatable bonds is 5. The molecule has 1 aromatic rings. The standard InChI is InChI=1S/C12H14ClNO5S2/c1-2-19-12(16)11-9(3-4-20-11)14-6-8(5-10(14)15)7-21(13,17)18/h3-4,8H,2,5-7H2,1H3. The molecule has 6 nitrogen and oxygen atoms in total. The van der Waals surface area contributed by atoms with Gasteiger partial charge in [0.2, 0.25) is 15.0 Å². The van der Waals surface area contributed by atoms with Gasteiger partial charge in [-0.15, -0.1) is 11.3 Å². The summed E-state index contributed by atoms with van der Waals surface area (Å²) < 4.78 is 27.2. The first-order chi connectivity index (χ1) is 9.81. The molecule has 0 N–H and O–H groups in total. The van der Waals surface area contributed by atoms with Crippen molar-refractivity contribution >= 4 is 48.6 Å². The molecule has 1 amide bonds. The number of hydrogen-bond acceptors (Lipinski definition) is 6. The highest BCUT2D eigenvalue weighted by molar-refractivity contribution is 8.13. The maximum absolute atomic E-state index is 12.0. The van der Waals surface area contributed by atoms with E-state index < -0.39 is 15.0 Å². The third-order valence-corrected chi connectivity index (χ3v) is 5.17. The van der Waals surface area contributed by atoms with Gasteiger partial charge in [0.25, 0.3) is 0 Å². The maximum Gasteiger partial charge on any atom is 0.350 e. The van der Waals surface area contributed by atoms with Gasteiger partial charge in [0.15, 0.2) is 0 Å². The Kier molecular flexibility index (Phi) is 4.90. The molecule has 0 saturated carbocycles. The van der Waals surface area contributed by atoms with Gasteiger partial charge in [-0.3, -0.25) is 4.79 Å². The van der Waals surface area contributed by atoms with Gasteiger partial charge in [-0.1, -0.05) is 0 Å². The van der Waals surface area contributed by atoms with Crippen LogP contribution in [0.3, 0.4) is 0 Å². The molecule has 116 valence electrons. The predicted octanol–water partition coefficient (Wildman–Crippen LogP) is 1.85. The Labute approximate surface area is 131 Å². The molecule has 1 aliphatic rings. The van der Waals surface area contributed by atoms with Crippen molar-refractivity contribution in [2.24, 2.45) is 5.92 Å². The number of carbonyl (C=O) groups excluding carboxylic acids is 2. The molecule has 0 spiro atoms. The average molecular weight is 352 g/mol. The number of carbonyl (C=O) groups is 2. The minimum Gasteiger partial charge on any atom is -0.462 e. The van der Waals surface area contributed by atoms with Crippen molar-refractivity contribution in [1.82, 2.24) is 0 Å². The molecule has 0 aliphatic carbocycles. The number of amides is 1. The van der Waals surface area contributed by atoms with Crippen molar-refractivity contribution in [2.45, 2.75) is 13.3 Å². The normalized spacial score (nSPS) is 19.0. The van der Waals surface area contributed by atoms with Gasteiger partial charge in [-0.05, 0) is 18.4 Å². The van der Waals surface area contributed by atoms with Crippen LogP contribution in [0.4, 0.5) is 5.69 Å². The molecule has 0 bridgehead atoms. The van der Waals surface area contributed by atoms with Gasteiger partial charge < -0.3 is 9.64 Å². The highest BCUT2D eigenvalue weighted by Crippen LogP contribution is 2.32. The summed E-state index contributed by atoms with van der Waals surface area (Å²) in [6, 6.07) is 1.66. The predicted molar refractivity (Wildman–Crippen MR) is 80.4 cm³/mol. The number of esters is 1. The van der Waals surface area contributed by atoms with E-state index in [1.54, 1.807) is 18.4 Å². The fourth-order valence-corrected chi connectivity index (χ4v) is 4.38. The number of nitrogens with zero attached hydrogens (tertiary/aromatic N) is 1. The van der Waals surface area contributed by atoms with E-state index in [0.717, 1.165) is 0 Å². The second-order valence-electron chi connectivity index (χ2n) is 4.64. The van der Waals surface area contributed by atoms with Gasteiger partial charge in [0, 0.05) is 29.6 Å². The Morgan fingerprint density at radius 2 is 2.29 bits per heavy atom. The summed E-state index contributed by atoms with van der Waals surface area (Å²) in [7, 11) is 1.57. The van der Waals surface area contributed by atoms with Gasteiger partial charge in [0.05, 0.1) is 18.0 Å². The molecule has 0 radical (unpaired) electrons. The van der Waals surface area contributed by atoms with Gasteiger partial charge in [-0.2, -0.15) is 0 Å². The summed E-state index contributed by atoms with van der Waals surface area (Å²) in [4.78, 5) is 25.6. The van der Waals surface area contributed by atoms with Crippen LogP contribution >= 0.6 is 22.0 Å². The van der Waals surface area contributed by atoms with Crippen LogP contribution in [0.1, 0.15) is 23.0 Å².